The zero-order valence-electron chi connectivity index (χ0n) is 12.3. The first-order chi connectivity index (χ1) is 9.55. The predicted molar refractivity (Wildman–Crippen MR) is 77.2 cm³/mol. The van der Waals surface area contributed by atoms with E-state index in [1.54, 1.807) is 0 Å². The first-order valence-electron chi connectivity index (χ1n) is 6.99. The Labute approximate surface area is 120 Å². The summed E-state index contributed by atoms with van der Waals surface area (Å²) in [6, 6.07) is 5.94. The molecule has 1 atom stereocenters. The number of quaternary nitrogens is 1. The molecule has 0 bridgehead atoms. The predicted octanol–water partition coefficient (Wildman–Crippen LogP) is -1.09. The second kappa shape index (κ2) is 8.92. The Balaban J connectivity index is 2.43. The van der Waals surface area contributed by atoms with Gasteiger partial charge < -0.3 is 25.0 Å². The topological polar surface area (TPSA) is 74.4 Å². The fourth-order valence-corrected chi connectivity index (χ4v) is 2.25. The number of aliphatic hydroxyl groups is 3. The van der Waals surface area contributed by atoms with Crippen LogP contribution in [-0.4, -0.2) is 60.9 Å². The van der Waals surface area contributed by atoms with Crippen LogP contribution in [0.5, 0.6) is 5.75 Å². The maximum atomic E-state index is 9.96. The smallest absolute Gasteiger partial charge is 0.137 e. The first kappa shape index (κ1) is 16.9. The Morgan fingerprint density at radius 3 is 2.10 bits per heavy atom. The van der Waals surface area contributed by atoms with Crippen molar-refractivity contribution in [2.24, 2.45) is 0 Å². The monoisotopic (exact) mass is 284 g/mol. The Kier molecular flexibility index (Phi) is 7.54. The second-order valence-electron chi connectivity index (χ2n) is 5.19. The highest BCUT2D eigenvalue weighted by Crippen LogP contribution is 2.16. The molecule has 5 nitrogen and oxygen atoms in total. The van der Waals surface area contributed by atoms with Crippen LogP contribution in [0.25, 0.3) is 0 Å². The number of rotatable bonds is 9. The van der Waals surface area contributed by atoms with Crippen molar-refractivity contribution < 1.29 is 25.0 Å². The summed E-state index contributed by atoms with van der Waals surface area (Å²) >= 11 is 0. The summed E-state index contributed by atoms with van der Waals surface area (Å²) in [6.07, 6.45) is -0.621. The van der Waals surface area contributed by atoms with Gasteiger partial charge in [-0.05, 0) is 37.1 Å². The molecule has 0 aliphatic rings. The van der Waals surface area contributed by atoms with Crippen LogP contribution in [0.3, 0.4) is 0 Å². The Hall–Kier alpha value is -1.14. The van der Waals surface area contributed by atoms with Gasteiger partial charge in [0.15, 0.2) is 0 Å². The third-order valence-electron chi connectivity index (χ3n) is 3.09. The quantitative estimate of drug-likeness (QED) is 0.465. The number of benzene rings is 1. The lowest BCUT2D eigenvalue weighted by molar-refractivity contribution is -0.903. The lowest BCUT2D eigenvalue weighted by atomic mass is 10.1. The van der Waals surface area contributed by atoms with Gasteiger partial charge in [-0.2, -0.15) is 0 Å². The van der Waals surface area contributed by atoms with Gasteiger partial charge in [0.05, 0.1) is 13.2 Å². The van der Waals surface area contributed by atoms with E-state index < -0.39 is 6.10 Å². The average molecular weight is 284 g/mol. The third kappa shape index (κ3) is 6.34. The van der Waals surface area contributed by atoms with E-state index in [-0.39, 0.29) is 19.8 Å². The van der Waals surface area contributed by atoms with Gasteiger partial charge in [0.1, 0.15) is 38.1 Å². The largest absolute Gasteiger partial charge is 0.491 e. The molecule has 0 aromatic heterocycles. The van der Waals surface area contributed by atoms with Crippen LogP contribution in [0.15, 0.2) is 18.2 Å². The average Bonchev–Trinajstić information content (AvgIpc) is 2.36. The molecule has 20 heavy (non-hydrogen) atoms. The number of ether oxygens (including phenoxy) is 1. The molecule has 1 aromatic rings. The minimum absolute atomic E-state index is 0.0417. The van der Waals surface area contributed by atoms with Gasteiger partial charge in [0, 0.05) is 0 Å². The van der Waals surface area contributed by atoms with Crippen molar-refractivity contribution in [2.75, 3.05) is 39.5 Å². The Morgan fingerprint density at radius 2 is 1.60 bits per heavy atom. The fraction of sp³-hybridized carbons (Fsp3) is 0.600. The molecule has 0 heterocycles. The van der Waals surface area contributed by atoms with Crippen LogP contribution in [-0.2, 0) is 0 Å². The molecule has 0 saturated carbocycles. The fourth-order valence-electron chi connectivity index (χ4n) is 2.25. The molecule has 0 amide bonds. The SMILES string of the molecule is Cc1cc(C)cc(OC[C@H](O)C[NH+](CCO)CCO)c1. The van der Waals surface area contributed by atoms with Crippen molar-refractivity contribution in [3.63, 3.8) is 0 Å². The maximum Gasteiger partial charge on any atom is 0.137 e. The van der Waals surface area contributed by atoms with Gasteiger partial charge in [-0.1, -0.05) is 6.07 Å². The summed E-state index contributed by atoms with van der Waals surface area (Å²) in [7, 11) is 0. The standard InChI is InChI=1S/C15H25NO4/c1-12-7-13(2)9-15(8-12)20-11-14(19)10-16(3-5-17)4-6-18/h7-9,14,17-19H,3-6,10-11H2,1-2H3/p+1/t14-/m1/s1. The van der Waals surface area contributed by atoms with Crippen molar-refractivity contribution >= 4 is 0 Å². The summed E-state index contributed by atoms with van der Waals surface area (Å²) in [5, 5.41) is 27.8. The summed E-state index contributed by atoms with van der Waals surface area (Å²) in [4.78, 5) is 0.964. The van der Waals surface area contributed by atoms with Crippen molar-refractivity contribution in [2.45, 2.75) is 20.0 Å². The van der Waals surface area contributed by atoms with Gasteiger partial charge in [-0.15, -0.1) is 0 Å². The molecule has 0 unspecified atom stereocenters. The molecular weight excluding hydrogens is 258 g/mol. The van der Waals surface area contributed by atoms with E-state index in [4.69, 9.17) is 14.9 Å². The molecule has 5 heteroatoms. The molecular formula is C15H26NO4+. The van der Waals surface area contributed by atoms with Crippen LogP contribution < -0.4 is 9.64 Å². The molecule has 0 aliphatic heterocycles. The zero-order valence-corrected chi connectivity index (χ0v) is 12.3. The second-order valence-corrected chi connectivity index (χ2v) is 5.19. The van der Waals surface area contributed by atoms with E-state index in [9.17, 15) is 5.11 Å². The maximum absolute atomic E-state index is 9.96. The van der Waals surface area contributed by atoms with E-state index in [2.05, 4.69) is 6.07 Å². The highest BCUT2D eigenvalue weighted by molar-refractivity contribution is 5.32. The molecule has 0 fully saturated rings. The van der Waals surface area contributed by atoms with E-state index in [0.717, 1.165) is 21.8 Å². The molecule has 0 saturated heterocycles. The van der Waals surface area contributed by atoms with E-state index in [1.807, 2.05) is 26.0 Å². The molecule has 114 valence electrons. The van der Waals surface area contributed by atoms with Crippen LogP contribution in [0.2, 0.25) is 0 Å². The van der Waals surface area contributed by atoms with Crippen LogP contribution in [0, 0.1) is 13.8 Å². The molecule has 0 radical (unpaired) electrons. The number of nitrogens with one attached hydrogen (secondary N) is 1. The number of aryl methyl sites for hydroxylation is 2. The normalized spacial score (nSPS) is 12.7. The lowest BCUT2D eigenvalue weighted by Gasteiger charge is -2.21. The van der Waals surface area contributed by atoms with E-state index in [0.29, 0.717) is 19.6 Å². The minimum atomic E-state index is -0.621. The van der Waals surface area contributed by atoms with E-state index >= 15 is 0 Å². The number of hydrogen-bond acceptors (Lipinski definition) is 4. The third-order valence-corrected chi connectivity index (χ3v) is 3.09. The van der Waals surface area contributed by atoms with Gasteiger partial charge >= 0.3 is 0 Å². The van der Waals surface area contributed by atoms with Gasteiger partial charge in [0.25, 0.3) is 0 Å². The lowest BCUT2D eigenvalue weighted by Crippen LogP contribution is -3.14. The minimum Gasteiger partial charge on any atom is -0.491 e. The van der Waals surface area contributed by atoms with Crippen LogP contribution in [0.1, 0.15) is 11.1 Å². The molecule has 1 rings (SSSR count). The van der Waals surface area contributed by atoms with Gasteiger partial charge in [-0.3, -0.25) is 0 Å². The van der Waals surface area contributed by atoms with Gasteiger partial charge in [0.2, 0.25) is 0 Å². The van der Waals surface area contributed by atoms with Crippen LogP contribution in [0.4, 0.5) is 0 Å². The Bertz CT molecular complexity index is 371. The molecule has 0 spiro atoms. The summed E-state index contributed by atoms with van der Waals surface area (Å²) < 4.78 is 5.60. The van der Waals surface area contributed by atoms with Crippen molar-refractivity contribution in [3.8, 4) is 5.75 Å². The molecule has 0 aliphatic carbocycles. The number of hydrogen-bond donors (Lipinski definition) is 4. The van der Waals surface area contributed by atoms with Crippen LogP contribution >= 0.6 is 0 Å². The number of aliphatic hydroxyl groups excluding tert-OH is 3. The van der Waals surface area contributed by atoms with Crippen molar-refractivity contribution in [1.29, 1.82) is 0 Å². The zero-order chi connectivity index (χ0) is 15.0. The van der Waals surface area contributed by atoms with Gasteiger partial charge in [-0.25, -0.2) is 0 Å². The Morgan fingerprint density at radius 1 is 1.05 bits per heavy atom. The summed E-state index contributed by atoms with van der Waals surface area (Å²) in [5.41, 5.74) is 2.25. The highest BCUT2D eigenvalue weighted by atomic mass is 16.5. The van der Waals surface area contributed by atoms with Crippen molar-refractivity contribution in [1.82, 2.24) is 0 Å². The van der Waals surface area contributed by atoms with E-state index in [1.165, 1.54) is 0 Å². The van der Waals surface area contributed by atoms with Crippen molar-refractivity contribution in [3.05, 3.63) is 29.3 Å². The first-order valence-corrected chi connectivity index (χ1v) is 6.99. The highest BCUT2D eigenvalue weighted by Gasteiger charge is 2.15. The molecule has 4 N–H and O–H groups in total. The summed E-state index contributed by atoms with van der Waals surface area (Å²) in [6.45, 7) is 5.78. The molecule has 1 aromatic carbocycles. The summed E-state index contributed by atoms with van der Waals surface area (Å²) in [5.74, 6) is 0.757.